The first-order valence-electron chi connectivity index (χ1n) is 13.0. The summed E-state index contributed by atoms with van der Waals surface area (Å²) in [5.41, 5.74) is 2.08. The van der Waals surface area contributed by atoms with Crippen molar-refractivity contribution >= 4 is 27.5 Å². The third-order valence-corrected chi connectivity index (χ3v) is 8.24. The molecule has 3 aromatic rings. The van der Waals surface area contributed by atoms with Gasteiger partial charge in [-0.3, -0.25) is 13.9 Å². The van der Waals surface area contributed by atoms with Crippen LogP contribution in [-0.4, -0.2) is 58.5 Å². The molecule has 40 heavy (non-hydrogen) atoms. The zero-order valence-electron chi connectivity index (χ0n) is 23.6. The van der Waals surface area contributed by atoms with Gasteiger partial charge >= 0.3 is 0 Å². The molecule has 0 aliphatic heterocycles. The molecular formula is C30H37N3O6S. The van der Waals surface area contributed by atoms with Gasteiger partial charge in [0.1, 0.15) is 24.1 Å². The summed E-state index contributed by atoms with van der Waals surface area (Å²) in [6.45, 7) is 5.59. The van der Waals surface area contributed by atoms with E-state index in [0.29, 0.717) is 12.3 Å². The molecule has 0 aliphatic carbocycles. The third kappa shape index (κ3) is 7.32. The van der Waals surface area contributed by atoms with Gasteiger partial charge in [-0.1, -0.05) is 48.9 Å². The van der Waals surface area contributed by atoms with Crippen molar-refractivity contribution in [3.63, 3.8) is 0 Å². The van der Waals surface area contributed by atoms with Crippen LogP contribution in [0.3, 0.4) is 0 Å². The first-order chi connectivity index (χ1) is 19.1. The number of benzene rings is 3. The summed E-state index contributed by atoms with van der Waals surface area (Å²) in [5, 5.41) is 2.84. The maximum Gasteiger partial charge on any atom is 0.264 e. The number of sulfonamides is 1. The normalized spacial score (nSPS) is 11.8. The minimum absolute atomic E-state index is 0.0224. The van der Waals surface area contributed by atoms with E-state index in [9.17, 15) is 18.0 Å². The lowest BCUT2D eigenvalue weighted by molar-refractivity contribution is -0.139. The molecule has 0 spiro atoms. The quantitative estimate of drug-likeness (QED) is 0.333. The Labute approximate surface area is 236 Å². The zero-order valence-corrected chi connectivity index (χ0v) is 24.4. The predicted octanol–water partition coefficient (Wildman–Crippen LogP) is 4.15. The fourth-order valence-electron chi connectivity index (χ4n) is 4.09. The number of nitrogens with zero attached hydrogens (tertiary/aromatic N) is 2. The van der Waals surface area contributed by atoms with Gasteiger partial charge in [0.2, 0.25) is 11.8 Å². The van der Waals surface area contributed by atoms with Crippen LogP contribution in [0.25, 0.3) is 0 Å². The Bertz CT molecular complexity index is 1390. The Kier molecular flexibility index (Phi) is 10.6. The SMILES string of the molecule is CCCNC(=O)C(C)N(Cc1ccc(C)cc1)C(=O)CN(c1ccccc1OC)S(=O)(=O)c1ccc(OC)cc1. The first kappa shape index (κ1) is 30.5. The Morgan fingerprint density at radius 2 is 1.57 bits per heavy atom. The van der Waals surface area contributed by atoms with Gasteiger partial charge < -0.3 is 19.7 Å². The Balaban J connectivity index is 2.05. The summed E-state index contributed by atoms with van der Waals surface area (Å²) >= 11 is 0. The molecule has 3 aromatic carbocycles. The molecule has 0 aliphatic rings. The van der Waals surface area contributed by atoms with E-state index >= 15 is 0 Å². The van der Waals surface area contributed by atoms with Crippen LogP contribution in [0.15, 0.2) is 77.7 Å². The number of hydrogen-bond donors (Lipinski definition) is 1. The standard InChI is InChI=1S/C30H37N3O6S/c1-6-19-31-30(35)23(3)32(20-24-13-11-22(2)12-14-24)29(34)21-33(27-9-7-8-10-28(27)39-5)40(36,37)26-17-15-25(38-4)16-18-26/h7-18,23H,6,19-21H2,1-5H3,(H,31,35). The highest BCUT2D eigenvalue weighted by atomic mass is 32.2. The molecule has 0 saturated heterocycles. The van der Waals surface area contributed by atoms with Gasteiger partial charge in [0.25, 0.3) is 10.0 Å². The molecule has 2 amide bonds. The van der Waals surface area contributed by atoms with E-state index in [-0.39, 0.29) is 28.8 Å². The lowest BCUT2D eigenvalue weighted by Gasteiger charge is -2.32. The zero-order chi connectivity index (χ0) is 29.3. The van der Waals surface area contributed by atoms with Crippen LogP contribution in [-0.2, 0) is 26.2 Å². The molecule has 0 radical (unpaired) electrons. The summed E-state index contributed by atoms with van der Waals surface area (Å²) in [5.74, 6) is -0.0758. The number of nitrogens with one attached hydrogen (secondary N) is 1. The molecule has 0 saturated carbocycles. The summed E-state index contributed by atoms with van der Waals surface area (Å²) in [7, 11) is -1.31. The molecule has 1 unspecified atom stereocenters. The van der Waals surface area contributed by atoms with E-state index in [4.69, 9.17) is 9.47 Å². The van der Waals surface area contributed by atoms with Crippen LogP contribution in [0.1, 0.15) is 31.4 Å². The molecular weight excluding hydrogens is 530 g/mol. The molecule has 3 rings (SSSR count). The smallest absolute Gasteiger partial charge is 0.264 e. The van der Waals surface area contributed by atoms with Gasteiger partial charge in [-0.2, -0.15) is 0 Å². The summed E-state index contributed by atoms with van der Waals surface area (Å²) in [6, 6.07) is 19.3. The Hall–Kier alpha value is -4.05. The van der Waals surface area contributed by atoms with Crippen molar-refractivity contribution in [1.82, 2.24) is 10.2 Å². The summed E-state index contributed by atoms with van der Waals surface area (Å²) < 4.78 is 39.6. The number of ether oxygens (including phenoxy) is 2. The Morgan fingerprint density at radius 3 is 2.17 bits per heavy atom. The van der Waals surface area contributed by atoms with Crippen molar-refractivity contribution in [3.8, 4) is 11.5 Å². The average Bonchev–Trinajstić information content (AvgIpc) is 2.97. The molecule has 0 bridgehead atoms. The highest BCUT2D eigenvalue weighted by Crippen LogP contribution is 2.33. The lowest BCUT2D eigenvalue weighted by atomic mass is 10.1. The van der Waals surface area contributed by atoms with Crippen molar-refractivity contribution in [1.29, 1.82) is 0 Å². The molecule has 10 heteroatoms. The number of carbonyl (C=O) groups excluding carboxylic acids is 2. The molecule has 214 valence electrons. The van der Waals surface area contributed by atoms with Gasteiger partial charge in [0.05, 0.1) is 24.8 Å². The maximum atomic E-state index is 14.0. The van der Waals surface area contributed by atoms with Gasteiger partial charge in [-0.05, 0) is 62.2 Å². The van der Waals surface area contributed by atoms with Crippen molar-refractivity contribution in [2.75, 3.05) is 31.6 Å². The van der Waals surface area contributed by atoms with E-state index in [2.05, 4.69) is 5.32 Å². The van der Waals surface area contributed by atoms with E-state index in [1.807, 2.05) is 38.1 Å². The molecule has 9 nitrogen and oxygen atoms in total. The fraction of sp³-hybridized carbons (Fsp3) is 0.333. The van der Waals surface area contributed by atoms with E-state index in [0.717, 1.165) is 21.9 Å². The minimum atomic E-state index is -4.23. The number of amides is 2. The second-order valence-electron chi connectivity index (χ2n) is 9.33. The molecule has 1 N–H and O–H groups in total. The monoisotopic (exact) mass is 567 g/mol. The number of anilines is 1. The number of carbonyl (C=O) groups is 2. The maximum absolute atomic E-state index is 14.0. The van der Waals surface area contributed by atoms with E-state index < -0.39 is 28.5 Å². The van der Waals surface area contributed by atoms with Gasteiger partial charge in [-0.25, -0.2) is 8.42 Å². The van der Waals surface area contributed by atoms with Crippen LogP contribution in [0.5, 0.6) is 11.5 Å². The highest BCUT2D eigenvalue weighted by molar-refractivity contribution is 7.92. The minimum Gasteiger partial charge on any atom is -0.497 e. The van der Waals surface area contributed by atoms with Gasteiger partial charge in [0.15, 0.2) is 0 Å². The molecule has 0 aromatic heterocycles. The van der Waals surface area contributed by atoms with Crippen molar-refractivity contribution in [2.45, 2.75) is 44.7 Å². The van der Waals surface area contributed by atoms with Crippen LogP contribution < -0.4 is 19.1 Å². The van der Waals surface area contributed by atoms with Crippen molar-refractivity contribution < 1.29 is 27.5 Å². The van der Waals surface area contributed by atoms with Crippen LogP contribution in [0.4, 0.5) is 5.69 Å². The first-order valence-corrected chi connectivity index (χ1v) is 14.5. The predicted molar refractivity (Wildman–Crippen MR) is 155 cm³/mol. The Morgan fingerprint density at radius 1 is 0.925 bits per heavy atom. The number of methoxy groups -OCH3 is 2. The number of para-hydroxylation sites is 2. The second kappa shape index (κ2) is 13.8. The van der Waals surface area contributed by atoms with E-state index in [1.54, 1.807) is 43.3 Å². The van der Waals surface area contributed by atoms with E-state index in [1.165, 1.54) is 31.3 Å². The van der Waals surface area contributed by atoms with Crippen molar-refractivity contribution in [2.24, 2.45) is 0 Å². The molecule has 0 heterocycles. The third-order valence-electron chi connectivity index (χ3n) is 6.47. The summed E-state index contributed by atoms with van der Waals surface area (Å²) in [4.78, 5) is 28.3. The average molecular weight is 568 g/mol. The topological polar surface area (TPSA) is 105 Å². The lowest BCUT2D eigenvalue weighted by Crippen LogP contribution is -2.51. The number of aryl methyl sites for hydroxylation is 1. The highest BCUT2D eigenvalue weighted by Gasteiger charge is 2.33. The summed E-state index contributed by atoms with van der Waals surface area (Å²) in [6.07, 6.45) is 0.742. The fourth-order valence-corrected chi connectivity index (χ4v) is 5.52. The van der Waals surface area contributed by atoms with Crippen LogP contribution in [0, 0.1) is 6.92 Å². The molecule has 0 fully saturated rings. The number of rotatable bonds is 13. The van der Waals surface area contributed by atoms with Gasteiger partial charge in [0, 0.05) is 13.1 Å². The molecule has 1 atom stereocenters. The van der Waals surface area contributed by atoms with Crippen LogP contribution in [0.2, 0.25) is 0 Å². The number of hydrogen-bond acceptors (Lipinski definition) is 6. The van der Waals surface area contributed by atoms with Crippen LogP contribution >= 0.6 is 0 Å². The van der Waals surface area contributed by atoms with Crippen molar-refractivity contribution in [3.05, 3.63) is 83.9 Å². The van der Waals surface area contributed by atoms with Gasteiger partial charge in [-0.15, -0.1) is 0 Å². The largest absolute Gasteiger partial charge is 0.497 e. The second-order valence-corrected chi connectivity index (χ2v) is 11.2.